The quantitative estimate of drug-likeness (QED) is 0.756. The summed E-state index contributed by atoms with van der Waals surface area (Å²) in [6.07, 6.45) is 0.500. The number of benzene rings is 1. The first-order valence-electron chi connectivity index (χ1n) is 6.42. The van der Waals surface area contributed by atoms with E-state index in [1.165, 1.54) is 0 Å². The van der Waals surface area contributed by atoms with Gasteiger partial charge in [0.15, 0.2) is 0 Å². The lowest BCUT2D eigenvalue weighted by Crippen LogP contribution is -2.39. The van der Waals surface area contributed by atoms with Gasteiger partial charge in [0.25, 0.3) is 0 Å². The van der Waals surface area contributed by atoms with Crippen LogP contribution in [0.25, 0.3) is 0 Å². The molecule has 0 atom stereocenters. The van der Waals surface area contributed by atoms with Crippen LogP contribution in [0.15, 0.2) is 24.3 Å². The van der Waals surface area contributed by atoms with Crippen molar-refractivity contribution in [3.8, 4) is 0 Å². The summed E-state index contributed by atoms with van der Waals surface area (Å²) in [6, 6.07) is 7.46. The van der Waals surface area contributed by atoms with Gasteiger partial charge >= 0.3 is 6.03 Å². The van der Waals surface area contributed by atoms with Gasteiger partial charge in [-0.05, 0) is 19.1 Å². The van der Waals surface area contributed by atoms with Crippen LogP contribution >= 0.6 is 12.2 Å². The van der Waals surface area contributed by atoms with Gasteiger partial charge < -0.3 is 20.7 Å². The fraction of sp³-hybridized carbons (Fsp3) is 0.429. The van der Waals surface area contributed by atoms with E-state index >= 15 is 0 Å². The van der Waals surface area contributed by atoms with E-state index in [1.54, 1.807) is 12.0 Å². The Morgan fingerprint density at radius 1 is 1.35 bits per heavy atom. The first-order valence-corrected chi connectivity index (χ1v) is 6.83. The summed E-state index contributed by atoms with van der Waals surface area (Å²) < 4.78 is 5.01. The molecule has 0 unspecified atom stereocenters. The van der Waals surface area contributed by atoms with Crippen LogP contribution in [0.3, 0.4) is 0 Å². The fourth-order valence-corrected chi connectivity index (χ4v) is 1.69. The summed E-state index contributed by atoms with van der Waals surface area (Å²) in [5, 5.41) is 2.85. The summed E-state index contributed by atoms with van der Waals surface area (Å²) >= 11 is 4.85. The van der Waals surface area contributed by atoms with Crippen molar-refractivity contribution in [1.82, 2.24) is 4.90 Å². The summed E-state index contributed by atoms with van der Waals surface area (Å²) in [4.78, 5) is 14.2. The van der Waals surface area contributed by atoms with Crippen LogP contribution in [0.5, 0.6) is 0 Å². The highest BCUT2D eigenvalue weighted by Gasteiger charge is 2.13. The van der Waals surface area contributed by atoms with Crippen molar-refractivity contribution in [3.05, 3.63) is 29.8 Å². The number of thiocarbonyl (C=S) groups is 1. The summed E-state index contributed by atoms with van der Waals surface area (Å²) in [6.45, 7) is 3.45. The van der Waals surface area contributed by atoms with Gasteiger partial charge in [0.2, 0.25) is 0 Å². The number of nitrogens with one attached hydrogen (secondary N) is 1. The van der Waals surface area contributed by atoms with Crippen molar-refractivity contribution in [1.29, 1.82) is 0 Å². The van der Waals surface area contributed by atoms with E-state index in [1.807, 2.05) is 31.2 Å². The number of rotatable bonds is 7. The number of amides is 2. The van der Waals surface area contributed by atoms with Crippen LogP contribution in [-0.2, 0) is 4.74 Å². The average Bonchev–Trinajstić information content (AvgIpc) is 2.41. The molecule has 0 aromatic heterocycles. The molecule has 0 saturated heterocycles. The molecule has 1 rings (SSSR count). The average molecular weight is 295 g/mol. The Morgan fingerprint density at radius 3 is 2.55 bits per heavy atom. The molecule has 0 aliphatic heterocycles. The normalized spacial score (nSPS) is 10.1. The Bertz CT molecular complexity index is 448. The lowest BCUT2D eigenvalue weighted by atomic mass is 10.2. The van der Waals surface area contributed by atoms with E-state index in [2.05, 4.69) is 5.32 Å². The SMILES string of the molecule is COCCN(CCC(N)=S)C(=O)Nc1ccc(C)cc1. The Balaban J connectivity index is 2.61. The van der Waals surface area contributed by atoms with E-state index in [4.69, 9.17) is 22.7 Å². The zero-order valence-electron chi connectivity index (χ0n) is 11.9. The second-order valence-electron chi connectivity index (χ2n) is 4.49. The predicted molar refractivity (Wildman–Crippen MR) is 85.0 cm³/mol. The van der Waals surface area contributed by atoms with Gasteiger partial charge in [-0.25, -0.2) is 4.79 Å². The predicted octanol–water partition coefficient (Wildman–Crippen LogP) is 2.15. The van der Waals surface area contributed by atoms with Crippen molar-refractivity contribution >= 4 is 28.9 Å². The molecule has 1 aromatic carbocycles. The molecule has 110 valence electrons. The Hall–Kier alpha value is -1.66. The van der Waals surface area contributed by atoms with Gasteiger partial charge in [-0.1, -0.05) is 29.9 Å². The van der Waals surface area contributed by atoms with E-state index in [0.29, 0.717) is 31.1 Å². The van der Waals surface area contributed by atoms with E-state index in [0.717, 1.165) is 11.3 Å². The Kier molecular flexibility index (Phi) is 6.97. The van der Waals surface area contributed by atoms with Crippen LogP contribution in [-0.4, -0.2) is 42.7 Å². The van der Waals surface area contributed by atoms with Gasteiger partial charge in [0, 0.05) is 32.3 Å². The summed E-state index contributed by atoms with van der Waals surface area (Å²) in [7, 11) is 1.60. The molecule has 3 N–H and O–H groups in total. The number of hydrogen-bond acceptors (Lipinski definition) is 3. The lowest BCUT2D eigenvalue weighted by molar-refractivity contribution is 0.156. The Labute approximate surface area is 125 Å². The number of aryl methyl sites for hydroxylation is 1. The van der Waals surface area contributed by atoms with Gasteiger partial charge in [-0.15, -0.1) is 0 Å². The number of methoxy groups -OCH3 is 1. The second kappa shape index (κ2) is 8.50. The number of hydrogen-bond donors (Lipinski definition) is 2. The first kappa shape index (κ1) is 16.4. The highest BCUT2D eigenvalue weighted by Crippen LogP contribution is 2.09. The monoisotopic (exact) mass is 295 g/mol. The molecule has 0 bridgehead atoms. The molecule has 0 saturated carbocycles. The molecular formula is C14H21N3O2S. The summed E-state index contributed by atoms with van der Waals surface area (Å²) in [5.41, 5.74) is 7.39. The van der Waals surface area contributed by atoms with E-state index in [9.17, 15) is 4.79 Å². The lowest BCUT2D eigenvalue weighted by Gasteiger charge is -2.22. The standard InChI is InChI=1S/C14H21N3O2S/c1-11-3-5-12(6-4-11)16-14(18)17(9-10-19-2)8-7-13(15)20/h3-6H,7-10H2,1-2H3,(H2,15,20)(H,16,18). The molecule has 0 aliphatic rings. The second-order valence-corrected chi connectivity index (χ2v) is 5.02. The maximum absolute atomic E-state index is 12.2. The third-order valence-corrected chi connectivity index (χ3v) is 2.99. The molecule has 0 heterocycles. The maximum atomic E-state index is 12.2. The van der Waals surface area contributed by atoms with Crippen LogP contribution in [0.2, 0.25) is 0 Å². The number of urea groups is 1. The van der Waals surface area contributed by atoms with Crippen molar-refractivity contribution in [3.63, 3.8) is 0 Å². The molecular weight excluding hydrogens is 274 g/mol. The minimum absolute atomic E-state index is 0.179. The number of nitrogens with zero attached hydrogens (tertiary/aromatic N) is 1. The molecule has 1 aromatic rings. The smallest absolute Gasteiger partial charge is 0.321 e. The number of carbonyl (C=O) groups is 1. The molecule has 0 radical (unpaired) electrons. The molecule has 20 heavy (non-hydrogen) atoms. The van der Waals surface area contributed by atoms with Crippen LogP contribution in [0.1, 0.15) is 12.0 Å². The molecule has 0 aliphatic carbocycles. The third-order valence-electron chi connectivity index (χ3n) is 2.78. The number of anilines is 1. The minimum atomic E-state index is -0.179. The molecule has 5 nitrogen and oxygen atoms in total. The number of nitrogens with two attached hydrogens (primary N) is 1. The van der Waals surface area contributed by atoms with E-state index in [-0.39, 0.29) is 6.03 Å². The molecule has 2 amide bonds. The van der Waals surface area contributed by atoms with Gasteiger partial charge in [0.05, 0.1) is 11.6 Å². The van der Waals surface area contributed by atoms with Crippen LogP contribution in [0.4, 0.5) is 10.5 Å². The fourth-order valence-electron chi connectivity index (χ4n) is 1.60. The van der Waals surface area contributed by atoms with Gasteiger partial charge in [-0.2, -0.15) is 0 Å². The van der Waals surface area contributed by atoms with Crippen molar-refractivity contribution in [2.45, 2.75) is 13.3 Å². The van der Waals surface area contributed by atoms with Crippen molar-refractivity contribution in [2.24, 2.45) is 5.73 Å². The Morgan fingerprint density at radius 2 is 2.00 bits per heavy atom. The summed E-state index contributed by atoms with van der Waals surface area (Å²) in [5.74, 6) is 0. The van der Waals surface area contributed by atoms with Gasteiger partial charge in [-0.3, -0.25) is 0 Å². The van der Waals surface area contributed by atoms with Crippen molar-refractivity contribution < 1.29 is 9.53 Å². The zero-order chi connectivity index (χ0) is 15.0. The number of ether oxygens (including phenoxy) is 1. The zero-order valence-corrected chi connectivity index (χ0v) is 12.7. The van der Waals surface area contributed by atoms with Gasteiger partial charge in [0.1, 0.15) is 0 Å². The number of carbonyl (C=O) groups excluding carboxylic acids is 1. The van der Waals surface area contributed by atoms with Crippen LogP contribution in [0, 0.1) is 6.92 Å². The highest BCUT2D eigenvalue weighted by atomic mass is 32.1. The topological polar surface area (TPSA) is 67.6 Å². The first-order chi connectivity index (χ1) is 9.52. The molecule has 6 heteroatoms. The molecule has 0 fully saturated rings. The minimum Gasteiger partial charge on any atom is -0.393 e. The largest absolute Gasteiger partial charge is 0.393 e. The van der Waals surface area contributed by atoms with Crippen LogP contribution < -0.4 is 11.1 Å². The van der Waals surface area contributed by atoms with Crippen molar-refractivity contribution in [2.75, 3.05) is 32.1 Å². The third kappa shape index (κ3) is 5.99. The van der Waals surface area contributed by atoms with E-state index < -0.39 is 0 Å². The maximum Gasteiger partial charge on any atom is 0.321 e. The molecule has 0 spiro atoms. The highest BCUT2D eigenvalue weighted by molar-refractivity contribution is 7.80.